The van der Waals surface area contributed by atoms with Gasteiger partial charge in [-0.1, -0.05) is 6.42 Å². The van der Waals surface area contributed by atoms with E-state index in [1.165, 1.54) is 11.1 Å². The molecule has 2 rings (SSSR count). The van der Waals surface area contributed by atoms with Crippen molar-refractivity contribution < 1.29 is 8.42 Å². The molecule has 0 radical (unpaired) electrons. The predicted molar refractivity (Wildman–Crippen MR) is 84.4 cm³/mol. The van der Waals surface area contributed by atoms with Gasteiger partial charge in [0.25, 0.3) is 0 Å². The van der Waals surface area contributed by atoms with E-state index in [0.29, 0.717) is 5.92 Å². The fraction of sp³-hybridized carbons (Fsp3) is 0.692. The van der Waals surface area contributed by atoms with Crippen LogP contribution in [0.1, 0.15) is 36.6 Å². The molecule has 6 heteroatoms. The van der Waals surface area contributed by atoms with E-state index in [9.17, 15) is 8.42 Å². The highest BCUT2D eigenvalue weighted by atomic mass is 79.9. The maximum atomic E-state index is 11.8. The first-order valence-corrected chi connectivity index (χ1v) is 10.1. The fourth-order valence-corrected chi connectivity index (χ4v) is 5.80. The van der Waals surface area contributed by atoms with E-state index in [1.807, 2.05) is 7.05 Å². The normalized spacial score (nSPS) is 26.3. The largest absolute Gasteiger partial charge is 0.312 e. The van der Waals surface area contributed by atoms with Crippen LogP contribution in [0.4, 0.5) is 0 Å². The molecular weight excluding hydrogens is 346 g/mol. The van der Waals surface area contributed by atoms with Crippen LogP contribution in [0.3, 0.4) is 0 Å². The third kappa shape index (κ3) is 3.80. The average molecular weight is 366 g/mol. The van der Waals surface area contributed by atoms with Gasteiger partial charge in [0.15, 0.2) is 0 Å². The smallest absolute Gasteiger partial charge is 0.150 e. The quantitative estimate of drug-likeness (QED) is 0.889. The third-order valence-corrected chi connectivity index (χ3v) is 7.30. The van der Waals surface area contributed by atoms with E-state index in [2.05, 4.69) is 33.4 Å². The van der Waals surface area contributed by atoms with Crippen LogP contribution < -0.4 is 5.32 Å². The Balaban J connectivity index is 2.15. The van der Waals surface area contributed by atoms with Gasteiger partial charge in [-0.3, -0.25) is 0 Å². The SMILES string of the molecule is CNC(c1ccc(Br)s1)C1CCCC(S(C)(=O)=O)C1. The second-order valence-electron chi connectivity index (χ2n) is 5.29. The molecule has 0 aliphatic heterocycles. The lowest BCUT2D eigenvalue weighted by Crippen LogP contribution is -2.34. The van der Waals surface area contributed by atoms with Crippen molar-refractivity contribution >= 4 is 37.1 Å². The summed E-state index contributed by atoms with van der Waals surface area (Å²) in [6, 6.07) is 4.45. The molecule has 1 saturated carbocycles. The summed E-state index contributed by atoms with van der Waals surface area (Å²) >= 11 is 5.22. The molecule has 0 spiro atoms. The number of hydrogen-bond acceptors (Lipinski definition) is 4. The molecule has 3 unspecified atom stereocenters. The van der Waals surface area contributed by atoms with Crippen molar-refractivity contribution in [3.8, 4) is 0 Å². The highest BCUT2D eigenvalue weighted by Crippen LogP contribution is 2.39. The predicted octanol–water partition coefficient (Wildman–Crippen LogP) is 3.37. The van der Waals surface area contributed by atoms with Crippen LogP contribution in [0.5, 0.6) is 0 Å². The standard InChI is InChI=1S/C13H20BrNO2S2/c1-15-13(11-6-7-12(14)18-11)9-4-3-5-10(8-9)19(2,16)17/h6-7,9-10,13,15H,3-5,8H2,1-2H3. The highest BCUT2D eigenvalue weighted by molar-refractivity contribution is 9.11. The lowest BCUT2D eigenvalue weighted by Gasteiger charge is -2.33. The van der Waals surface area contributed by atoms with Crippen LogP contribution in [-0.4, -0.2) is 27.0 Å². The van der Waals surface area contributed by atoms with E-state index in [1.54, 1.807) is 11.3 Å². The molecule has 3 nitrogen and oxygen atoms in total. The Hall–Kier alpha value is 0.0900. The summed E-state index contributed by atoms with van der Waals surface area (Å²) in [7, 11) is -0.950. The van der Waals surface area contributed by atoms with Crippen LogP contribution in [0.2, 0.25) is 0 Å². The highest BCUT2D eigenvalue weighted by Gasteiger charge is 2.33. The molecule has 0 amide bonds. The van der Waals surface area contributed by atoms with Crippen LogP contribution in [0, 0.1) is 5.92 Å². The summed E-state index contributed by atoms with van der Waals surface area (Å²) in [5, 5.41) is 3.21. The summed E-state index contributed by atoms with van der Waals surface area (Å²) < 4.78 is 24.6. The van der Waals surface area contributed by atoms with Crippen molar-refractivity contribution in [2.75, 3.05) is 13.3 Å². The molecule has 1 N–H and O–H groups in total. The molecule has 0 saturated heterocycles. The molecule has 1 aliphatic rings. The third-order valence-electron chi connectivity index (χ3n) is 3.96. The monoisotopic (exact) mass is 365 g/mol. The fourth-order valence-electron chi connectivity index (χ4n) is 2.98. The van der Waals surface area contributed by atoms with E-state index in [-0.39, 0.29) is 11.3 Å². The summed E-state index contributed by atoms with van der Waals surface area (Å²) in [6.45, 7) is 0. The Bertz CT molecular complexity index is 527. The second-order valence-corrected chi connectivity index (χ2v) is 10.1. The Morgan fingerprint density at radius 3 is 2.68 bits per heavy atom. The Labute approximate surface area is 127 Å². The minimum absolute atomic E-state index is 0.162. The molecule has 19 heavy (non-hydrogen) atoms. The van der Waals surface area contributed by atoms with E-state index < -0.39 is 9.84 Å². The summed E-state index contributed by atoms with van der Waals surface area (Å²) in [6.07, 6.45) is 5.08. The van der Waals surface area contributed by atoms with Crippen molar-refractivity contribution in [1.82, 2.24) is 5.32 Å². The number of hydrogen-bond donors (Lipinski definition) is 1. The maximum Gasteiger partial charge on any atom is 0.150 e. The zero-order valence-corrected chi connectivity index (χ0v) is 14.4. The minimum atomic E-state index is -2.91. The van der Waals surface area contributed by atoms with Gasteiger partial charge in [-0.2, -0.15) is 0 Å². The lowest BCUT2D eigenvalue weighted by molar-refractivity contribution is 0.285. The Kier molecular flexibility index (Phi) is 5.09. The number of sulfone groups is 1. The zero-order chi connectivity index (χ0) is 14.0. The molecule has 1 fully saturated rings. The van der Waals surface area contributed by atoms with Crippen LogP contribution in [0.25, 0.3) is 0 Å². The lowest BCUT2D eigenvalue weighted by atomic mass is 9.83. The zero-order valence-electron chi connectivity index (χ0n) is 11.2. The average Bonchev–Trinajstić information content (AvgIpc) is 2.76. The van der Waals surface area contributed by atoms with Gasteiger partial charge in [0.05, 0.1) is 9.04 Å². The maximum absolute atomic E-state index is 11.8. The van der Waals surface area contributed by atoms with E-state index in [4.69, 9.17) is 0 Å². The van der Waals surface area contributed by atoms with Gasteiger partial charge in [-0.05, 0) is 60.3 Å². The minimum Gasteiger partial charge on any atom is -0.312 e. The summed E-state index contributed by atoms with van der Waals surface area (Å²) in [4.78, 5) is 1.29. The van der Waals surface area contributed by atoms with Gasteiger partial charge in [0, 0.05) is 17.2 Å². The van der Waals surface area contributed by atoms with Gasteiger partial charge in [0.2, 0.25) is 0 Å². The molecule has 108 valence electrons. The van der Waals surface area contributed by atoms with Crippen molar-refractivity contribution in [1.29, 1.82) is 0 Å². The molecule has 1 aromatic rings. The van der Waals surface area contributed by atoms with Gasteiger partial charge < -0.3 is 5.32 Å². The van der Waals surface area contributed by atoms with Crippen molar-refractivity contribution in [2.45, 2.75) is 37.0 Å². The van der Waals surface area contributed by atoms with Crippen LogP contribution in [-0.2, 0) is 9.84 Å². The van der Waals surface area contributed by atoms with Crippen molar-refractivity contribution in [3.05, 3.63) is 20.8 Å². The molecule has 1 aromatic heterocycles. The number of thiophene rings is 1. The topological polar surface area (TPSA) is 46.2 Å². The molecule has 0 bridgehead atoms. The number of halogens is 1. The number of rotatable bonds is 4. The second kappa shape index (κ2) is 6.24. The molecular formula is C13H20BrNO2S2. The van der Waals surface area contributed by atoms with Crippen LogP contribution >= 0.6 is 27.3 Å². The van der Waals surface area contributed by atoms with Gasteiger partial charge in [-0.15, -0.1) is 11.3 Å². The van der Waals surface area contributed by atoms with Gasteiger partial charge in [0.1, 0.15) is 9.84 Å². The Morgan fingerprint density at radius 2 is 2.16 bits per heavy atom. The summed E-state index contributed by atoms with van der Waals surface area (Å²) in [5.74, 6) is 0.407. The number of nitrogens with one attached hydrogen (secondary N) is 1. The molecule has 3 atom stereocenters. The van der Waals surface area contributed by atoms with Crippen LogP contribution in [0.15, 0.2) is 15.9 Å². The van der Waals surface area contributed by atoms with Gasteiger partial charge >= 0.3 is 0 Å². The first-order valence-electron chi connectivity index (χ1n) is 6.53. The van der Waals surface area contributed by atoms with Gasteiger partial charge in [-0.25, -0.2) is 8.42 Å². The van der Waals surface area contributed by atoms with Crippen molar-refractivity contribution in [3.63, 3.8) is 0 Å². The van der Waals surface area contributed by atoms with E-state index >= 15 is 0 Å². The van der Waals surface area contributed by atoms with Crippen molar-refractivity contribution in [2.24, 2.45) is 5.92 Å². The molecule has 1 heterocycles. The molecule has 0 aromatic carbocycles. The Morgan fingerprint density at radius 1 is 1.42 bits per heavy atom. The first-order chi connectivity index (χ1) is 8.91. The van der Waals surface area contributed by atoms with E-state index in [0.717, 1.165) is 29.5 Å². The molecule has 1 aliphatic carbocycles. The summed E-state index contributed by atoms with van der Waals surface area (Å²) in [5.41, 5.74) is 0. The first kappa shape index (κ1) is 15.5.